The highest BCUT2D eigenvalue weighted by Crippen LogP contribution is 2.30. The number of hydrogen-bond donors (Lipinski definition) is 2. The number of halogens is 2. The highest BCUT2D eigenvalue weighted by molar-refractivity contribution is 6.32. The van der Waals surface area contributed by atoms with Crippen LogP contribution in [0.15, 0.2) is 48.5 Å². The average molecular weight is 347 g/mol. The fourth-order valence-corrected chi connectivity index (χ4v) is 2.64. The minimum atomic E-state index is -0.579. The Morgan fingerprint density at radius 1 is 1.17 bits per heavy atom. The van der Waals surface area contributed by atoms with Crippen molar-refractivity contribution in [3.8, 4) is 0 Å². The van der Waals surface area contributed by atoms with Crippen molar-refractivity contribution in [3.63, 3.8) is 0 Å². The molecule has 0 saturated heterocycles. The van der Waals surface area contributed by atoms with Gasteiger partial charge in [-0.25, -0.2) is 9.18 Å². The summed E-state index contributed by atoms with van der Waals surface area (Å²) >= 11 is 6.14. The third-order valence-corrected chi connectivity index (χ3v) is 3.66. The summed E-state index contributed by atoms with van der Waals surface area (Å²) in [6.45, 7) is 6.01. The van der Waals surface area contributed by atoms with Gasteiger partial charge in [0, 0.05) is 5.69 Å². The summed E-state index contributed by atoms with van der Waals surface area (Å²) < 4.78 is 14.1. The molecule has 0 aliphatic carbocycles. The van der Waals surface area contributed by atoms with E-state index in [1.54, 1.807) is 30.3 Å². The zero-order chi connectivity index (χ0) is 17.7. The van der Waals surface area contributed by atoms with Crippen molar-refractivity contribution in [1.29, 1.82) is 0 Å². The van der Waals surface area contributed by atoms with Crippen LogP contribution in [0.5, 0.6) is 0 Å². The summed E-state index contributed by atoms with van der Waals surface area (Å²) in [6, 6.07) is 11.2. The van der Waals surface area contributed by atoms with E-state index in [0.29, 0.717) is 22.2 Å². The summed E-state index contributed by atoms with van der Waals surface area (Å²) in [7, 11) is 0. The van der Waals surface area contributed by atoms with Crippen LogP contribution >= 0.6 is 11.6 Å². The molecule has 2 N–H and O–H groups in total. The van der Waals surface area contributed by atoms with E-state index in [2.05, 4.69) is 10.6 Å². The Morgan fingerprint density at radius 3 is 2.46 bits per heavy atom. The molecule has 0 aliphatic heterocycles. The van der Waals surface area contributed by atoms with Gasteiger partial charge in [0.25, 0.3) is 0 Å². The van der Waals surface area contributed by atoms with Crippen molar-refractivity contribution >= 4 is 34.6 Å². The molecule has 126 valence electrons. The largest absolute Gasteiger partial charge is 0.323 e. The number of carbonyl (C=O) groups excluding carboxylic acids is 1. The molecular formula is C19H20ClFN2O. The Bertz CT molecular complexity index is 757. The van der Waals surface area contributed by atoms with Crippen LogP contribution in [0, 0.1) is 11.7 Å². The van der Waals surface area contributed by atoms with E-state index < -0.39 is 11.8 Å². The molecular weight excluding hydrogens is 327 g/mol. The predicted molar refractivity (Wildman–Crippen MR) is 99.0 cm³/mol. The summed E-state index contributed by atoms with van der Waals surface area (Å²) in [4.78, 5) is 12.0. The highest BCUT2D eigenvalue weighted by Gasteiger charge is 2.13. The lowest BCUT2D eigenvalue weighted by molar-refractivity contribution is 0.262. The molecule has 2 aromatic rings. The first-order valence-corrected chi connectivity index (χ1v) is 8.05. The molecule has 2 rings (SSSR count). The Hall–Kier alpha value is -2.33. The Kier molecular flexibility index (Phi) is 5.99. The number of anilines is 2. The molecule has 0 heterocycles. The van der Waals surface area contributed by atoms with Crippen LogP contribution in [-0.4, -0.2) is 6.03 Å². The van der Waals surface area contributed by atoms with Gasteiger partial charge >= 0.3 is 6.03 Å². The molecule has 0 radical (unpaired) electrons. The first-order valence-electron chi connectivity index (χ1n) is 7.67. The second kappa shape index (κ2) is 7.97. The molecule has 3 nitrogen and oxygen atoms in total. The number of nitrogens with one attached hydrogen (secondary N) is 2. The van der Waals surface area contributed by atoms with Crippen LogP contribution in [0.3, 0.4) is 0 Å². The van der Waals surface area contributed by atoms with E-state index in [1.165, 1.54) is 6.07 Å². The number of allylic oxidation sites excluding steroid dienone is 2. The number of rotatable bonds is 4. The maximum atomic E-state index is 14.1. The van der Waals surface area contributed by atoms with Crippen LogP contribution in [0.4, 0.5) is 20.6 Å². The van der Waals surface area contributed by atoms with E-state index in [0.717, 1.165) is 5.57 Å². The van der Waals surface area contributed by atoms with Gasteiger partial charge < -0.3 is 10.6 Å². The van der Waals surface area contributed by atoms with E-state index in [1.807, 2.05) is 32.9 Å². The van der Waals surface area contributed by atoms with Gasteiger partial charge in [0.2, 0.25) is 0 Å². The highest BCUT2D eigenvalue weighted by atomic mass is 35.5. The zero-order valence-corrected chi connectivity index (χ0v) is 14.6. The van der Waals surface area contributed by atoms with Crippen LogP contribution in [-0.2, 0) is 0 Å². The summed E-state index contributed by atoms with van der Waals surface area (Å²) in [5.41, 5.74) is 2.34. The smallest absolute Gasteiger partial charge is 0.308 e. The van der Waals surface area contributed by atoms with Crippen LogP contribution in [0.2, 0.25) is 5.02 Å². The molecule has 24 heavy (non-hydrogen) atoms. The summed E-state index contributed by atoms with van der Waals surface area (Å²) in [5.74, 6) is -0.242. The monoisotopic (exact) mass is 346 g/mol. The van der Waals surface area contributed by atoms with Gasteiger partial charge in [-0.2, -0.15) is 0 Å². The maximum Gasteiger partial charge on any atom is 0.323 e. The number of urea groups is 1. The standard InChI is InChI=1S/C19H20ClFN2O/c1-12(2)9-13(3)15-10-18(17(21)11-16(15)20)23-19(24)22-14-7-5-4-6-8-14/h4-12H,1-3H3,(H2,22,23,24)/b13-9+. The van der Waals surface area contributed by atoms with Gasteiger partial charge in [-0.3, -0.25) is 0 Å². The minimum Gasteiger partial charge on any atom is -0.308 e. The number of benzene rings is 2. The van der Waals surface area contributed by atoms with Crippen molar-refractivity contribution in [2.75, 3.05) is 10.6 Å². The lowest BCUT2D eigenvalue weighted by Gasteiger charge is -2.12. The second-order valence-corrected chi connectivity index (χ2v) is 6.26. The average Bonchev–Trinajstić information content (AvgIpc) is 2.50. The third kappa shape index (κ3) is 4.83. The molecule has 0 spiro atoms. The zero-order valence-electron chi connectivity index (χ0n) is 13.9. The SMILES string of the molecule is C/C(=C\C(C)C)c1cc(NC(=O)Nc2ccccc2)c(F)cc1Cl. The molecule has 0 bridgehead atoms. The van der Waals surface area contributed by atoms with Gasteiger partial charge in [-0.15, -0.1) is 0 Å². The Labute approximate surface area is 146 Å². The van der Waals surface area contributed by atoms with Crippen molar-refractivity contribution in [2.45, 2.75) is 20.8 Å². The number of hydrogen-bond acceptors (Lipinski definition) is 1. The lowest BCUT2D eigenvalue weighted by atomic mass is 10.0. The first-order chi connectivity index (χ1) is 11.4. The van der Waals surface area contributed by atoms with E-state index in [4.69, 9.17) is 11.6 Å². The molecule has 0 saturated carbocycles. The minimum absolute atomic E-state index is 0.0827. The van der Waals surface area contributed by atoms with Gasteiger partial charge in [0.15, 0.2) is 0 Å². The van der Waals surface area contributed by atoms with Crippen LogP contribution < -0.4 is 10.6 Å². The van der Waals surface area contributed by atoms with Crippen molar-refractivity contribution in [1.82, 2.24) is 0 Å². The lowest BCUT2D eigenvalue weighted by Crippen LogP contribution is -2.20. The van der Waals surface area contributed by atoms with E-state index in [9.17, 15) is 9.18 Å². The Morgan fingerprint density at radius 2 is 1.83 bits per heavy atom. The number of amides is 2. The van der Waals surface area contributed by atoms with Crippen LogP contribution in [0.25, 0.3) is 5.57 Å². The second-order valence-electron chi connectivity index (χ2n) is 5.85. The predicted octanol–water partition coefficient (Wildman–Crippen LogP) is 6.18. The topological polar surface area (TPSA) is 41.1 Å². The van der Waals surface area contributed by atoms with Gasteiger partial charge in [-0.05, 0) is 48.2 Å². The molecule has 0 atom stereocenters. The van der Waals surface area contributed by atoms with Crippen LogP contribution in [0.1, 0.15) is 26.3 Å². The molecule has 0 aromatic heterocycles. The fraction of sp³-hybridized carbons (Fsp3) is 0.211. The fourth-order valence-electron chi connectivity index (χ4n) is 2.34. The molecule has 2 aromatic carbocycles. The van der Waals surface area contributed by atoms with Crippen molar-refractivity contribution < 1.29 is 9.18 Å². The van der Waals surface area contributed by atoms with Crippen molar-refractivity contribution in [3.05, 3.63) is 64.9 Å². The molecule has 5 heteroatoms. The molecule has 0 fully saturated rings. The van der Waals surface area contributed by atoms with Gasteiger partial charge in [0.1, 0.15) is 5.82 Å². The Balaban J connectivity index is 2.22. The quantitative estimate of drug-likeness (QED) is 0.681. The third-order valence-electron chi connectivity index (χ3n) is 3.34. The van der Waals surface area contributed by atoms with Gasteiger partial charge in [-0.1, -0.05) is 49.7 Å². The normalized spacial score (nSPS) is 11.5. The summed E-state index contributed by atoms with van der Waals surface area (Å²) in [6.07, 6.45) is 2.03. The molecule has 2 amide bonds. The van der Waals surface area contributed by atoms with Crippen molar-refractivity contribution in [2.24, 2.45) is 5.92 Å². The molecule has 0 unspecified atom stereocenters. The maximum absolute atomic E-state index is 14.1. The number of para-hydroxylation sites is 1. The van der Waals surface area contributed by atoms with E-state index in [-0.39, 0.29) is 5.69 Å². The van der Waals surface area contributed by atoms with Gasteiger partial charge in [0.05, 0.1) is 10.7 Å². The van der Waals surface area contributed by atoms with E-state index >= 15 is 0 Å². The number of carbonyl (C=O) groups is 1. The summed E-state index contributed by atoms with van der Waals surface area (Å²) in [5, 5.41) is 5.49. The molecule has 0 aliphatic rings. The first kappa shape index (κ1) is 18.0.